The second-order valence-corrected chi connectivity index (χ2v) is 5.42. The van der Waals surface area contributed by atoms with Gasteiger partial charge in [-0.1, -0.05) is 48.0 Å². The van der Waals surface area contributed by atoms with Crippen molar-refractivity contribution in [3.8, 4) is 11.3 Å². The van der Waals surface area contributed by atoms with E-state index < -0.39 is 0 Å². The molecule has 0 aliphatic rings. The molecule has 0 amide bonds. The molecule has 4 heteroatoms. The van der Waals surface area contributed by atoms with Crippen molar-refractivity contribution in [2.75, 3.05) is 5.73 Å². The van der Waals surface area contributed by atoms with E-state index in [0.29, 0.717) is 10.8 Å². The molecule has 0 radical (unpaired) electrons. The Labute approximate surface area is 126 Å². The van der Waals surface area contributed by atoms with Crippen molar-refractivity contribution in [2.24, 2.45) is 0 Å². The van der Waals surface area contributed by atoms with E-state index in [4.69, 9.17) is 17.3 Å². The summed E-state index contributed by atoms with van der Waals surface area (Å²) >= 11 is 6.02. The molecule has 0 aliphatic carbocycles. The third-order valence-electron chi connectivity index (χ3n) is 3.64. The number of aromatic nitrogens is 2. The number of nitrogens with zero attached hydrogens (tertiary/aromatic N) is 2. The molecule has 2 heterocycles. The van der Waals surface area contributed by atoms with Crippen LogP contribution in [0.1, 0.15) is 0 Å². The van der Waals surface area contributed by atoms with Gasteiger partial charge in [-0.15, -0.1) is 0 Å². The minimum atomic E-state index is 0.600. The monoisotopic (exact) mass is 293 g/mol. The number of pyridine rings is 1. The van der Waals surface area contributed by atoms with E-state index in [1.165, 1.54) is 10.8 Å². The van der Waals surface area contributed by atoms with E-state index >= 15 is 0 Å². The zero-order valence-electron chi connectivity index (χ0n) is 11.1. The highest BCUT2D eigenvalue weighted by Crippen LogP contribution is 2.29. The Kier molecular flexibility index (Phi) is 2.62. The van der Waals surface area contributed by atoms with Gasteiger partial charge in [-0.2, -0.15) is 0 Å². The average molecular weight is 294 g/mol. The summed E-state index contributed by atoms with van der Waals surface area (Å²) in [6, 6.07) is 18.1. The van der Waals surface area contributed by atoms with Gasteiger partial charge >= 0.3 is 0 Å². The molecular formula is C17H12ClN3. The van der Waals surface area contributed by atoms with E-state index in [9.17, 15) is 0 Å². The maximum Gasteiger partial charge on any atom is 0.139 e. The van der Waals surface area contributed by atoms with E-state index in [2.05, 4.69) is 29.2 Å². The van der Waals surface area contributed by atoms with Crippen LogP contribution in [0.3, 0.4) is 0 Å². The van der Waals surface area contributed by atoms with Gasteiger partial charge in [-0.3, -0.25) is 4.40 Å². The maximum atomic E-state index is 6.23. The third kappa shape index (κ3) is 1.94. The Morgan fingerprint density at radius 1 is 0.952 bits per heavy atom. The van der Waals surface area contributed by atoms with Crippen LogP contribution in [0.4, 0.5) is 5.82 Å². The van der Waals surface area contributed by atoms with Crippen molar-refractivity contribution in [1.29, 1.82) is 0 Å². The zero-order valence-corrected chi connectivity index (χ0v) is 11.9. The van der Waals surface area contributed by atoms with Crippen LogP contribution in [0.2, 0.25) is 5.02 Å². The number of hydrogen-bond acceptors (Lipinski definition) is 2. The largest absolute Gasteiger partial charge is 0.383 e. The van der Waals surface area contributed by atoms with Crippen LogP contribution < -0.4 is 5.73 Å². The fraction of sp³-hybridized carbons (Fsp3) is 0. The van der Waals surface area contributed by atoms with Gasteiger partial charge in [0, 0.05) is 11.8 Å². The number of nitrogens with two attached hydrogens (primary N) is 1. The second kappa shape index (κ2) is 4.50. The number of rotatable bonds is 1. The molecule has 0 fully saturated rings. The first-order valence-corrected chi connectivity index (χ1v) is 7.02. The molecule has 21 heavy (non-hydrogen) atoms. The minimum Gasteiger partial charge on any atom is -0.383 e. The first-order valence-electron chi connectivity index (χ1n) is 6.65. The van der Waals surface area contributed by atoms with Gasteiger partial charge in [0.25, 0.3) is 0 Å². The summed E-state index contributed by atoms with van der Waals surface area (Å²) in [6.07, 6.45) is 1.78. The quantitative estimate of drug-likeness (QED) is 0.565. The predicted octanol–water partition coefficient (Wildman–Crippen LogP) is 4.39. The van der Waals surface area contributed by atoms with Gasteiger partial charge in [0.1, 0.15) is 17.2 Å². The summed E-state index contributed by atoms with van der Waals surface area (Å²) < 4.78 is 1.81. The molecule has 2 N–H and O–H groups in total. The lowest BCUT2D eigenvalue weighted by Gasteiger charge is -2.02. The van der Waals surface area contributed by atoms with Crippen LogP contribution >= 0.6 is 11.6 Å². The smallest absolute Gasteiger partial charge is 0.139 e. The predicted molar refractivity (Wildman–Crippen MR) is 87.6 cm³/mol. The fourth-order valence-corrected chi connectivity index (χ4v) is 2.75. The normalized spacial score (nSPS) is 11.3. The van der Waals surface area contributed by atoms with E-state index in [1.54, 1.807) is 6.20 Å². The molecule has 0 aliphatic heterocycles. The lowest BCUT2D eigenvalue weighted by atomic mass is 10.1. The Bertz CT molecular complexity index is 972. The van der Waals surface area contributed by atoms with Crippen molar-refractivity contribution < 1.29 is 0 Å². The van der Waals surface area contributed by atoms with Crippen LogP contribution in [0.15, 0.2) is 60.8 Å². The summed E-state index contributed by atoms with van der Waals surface area (Å²) in [6.45, 7) is 0. The van der Waals surface area contributed by atoms with E-state index in [-0.39, 0.29) is 0 Å². The average Bonchev–Trinajstić information content (AvgIpc) is 2.84. The summed E-state index contributed by atoms with van der Waals surface area (Å²) in [7, 11) is 0. The number of anilines is 1. The van der Waals surface area contributed by atoms with Gasteiger partial charge in [0.15, 0.2) is 0 Å². The highest BCUT2D eigenvalue weighted by Gasteiger charge is 2.11. The van der Waals surface area contributed by atoms with Crippen molar-refractivity contribution in [1.82, 2.24) is 9.38 Å². The van der Waals surface area contributed by atoms with Crippen molar-refractivity contribution >= 4 is 33.8 Å². The maximum absolute atomic E-state index is 6.23. The molecule has 0 bridgehead atoms. The molecule has 0 saturated carbocycles. The van der Waals surface area contributed by atoms with Gasteiger partial charge < -0.3 is 5.73 Å². The summed E-state index contributed by atoms with van der Waals surface area (Å²) in [5.41, 5.74) is 8.80. The number of benzene rings is 2. The van der Waals surface area contributed by atoms with Crippen molar-refractivity contribution in [3.63, 3.8) is 0 Å². The fourth-order valence-electron chi connectivity index (χ4n) is 2.59. The second-order valence-electron chi connectivity index (χ2n) is 4.98. The van der Waals surface area contributed by atoms with E-state index in [0.717, 1.165) is 16.9 Å². The molecule has 2 aromatic heterocycles. The lowest BCUT2D eigenvalue weighted by Crippen LogP contribution is -1.93. The van der Waals surface area contributed by atoms with Crippen LogP contribution in [-0.2, 0) is 0 Å². The number of imidazole rings is 1. The summed E-state index contributed by atoms with van der Waals surface area (Å²) in [4.78, 5) is 4.61. The Morgan fingerprint density at radius 2 is 1.76 bits per heavy atom. The van der Waals surface area contributed by atoms with Gasteiger partial charge in [-0.25, -0.2) is 4.98 Å². The molecule has 102 valence electrons. The number of fused-ring (bicyclic) bond motifs is 2. The number of halogens is 1. The van der Waals surface area contributed by atoms with Crippen LogP contribution in [0.5, 0.6) is 0 Å². The molecule has 4 rings (SSSR count). The Balaban J connectivity index is 1.97. The summed E-state index contributed by atoms with van der Waals surface area (Å²) in [5.74, 6) is 0.600. The first kappa shape index (κ1) is 12.2. The minimum absolute atomic E-state index is 0.600. The van der Waals surface area contributed by atoms with Crippen molar-refractivity contribution in [2.45, 2.75) is 0 Å². The first-order chi connectivity index (χ1) is 10.2. The number of nitrogen functional groups attached to an aromatic ring is 1. The van der Waals surface area contributed by atoms with E-state index in [1.807, 2.05) is 34.7 Å². The Morgan fingerprint density at radius 3 is 2.62 bits per heavy atom. The molecule has 0 unspecified atom stereocenters. The van der Waals surface area contributed by atoms with Crippen LogP contribution in [0, 0.1) is 0 Å². The lowest BCUT2D eigenvalue weighted by molar-refractivity contribution is 1.20. The van der Waals surface area contributed by atoms with Gasteiger partial charge in [0.05, 0.1) is 5.02 Å². The molecule has 0 atom stereocenters. The molecule has 3 nitrogen and oxygen atoms in total. The molecule has 0 spiro atoms. The van der Waals surface area contributed by atoms with Crippen LogP contribution in [0.25, 0.3) is 27.7 Å². The topological polar surface area (TPSA) is 43.3 Å². The molecule has 4 aromatic rings. The molecular weight excluding hydrogens is 282 g/mol. The van der Waals surface area contributed by atoms with Crippen molar-refractivity contribution in [3.05, 3.63) is 65.8 Å². The Hall–Kier alpha value is -2.52. The van der Waals surface area contributed by atoms with Gasteiger partial charge in [-0.05, 0) is 29.0 Å². The van der Waals surface area contributed by atoms with Gasteiger partial charge in [0.2, 0.25) is 0 Å². The summed E-state index contributed by atoms with van der Waals surface area (Å²) in [5, 5.41) is 3.01. The third-order valence-corrected chi connectivity index (χ3v) is 3.87. The number of hydrogen-bond donors (Lipinski definition) is 1. The SMILES string of the molecule is Nc1c(-c2ccc3ccccc3c2)nc2ccc(Cl)cn12. The standard InChI is InChI=1S/C17H12ClN3/c18-14-7-8-15-20-16(17(19)21(15)10-14)13-6-5-11-3-1-2-4-12(11)9-13/h1-10H,19H2. The zero-order chi connectivity index (χ0) is 14.4. The highest BCUT2D eigenvalue weighted by molar-refractivity contribution is 6.30. The van der Waals surface area contributed by atoms with Crippen LogP contribution in [-0.4, -0.2) is 9.38 Å². The molecule has 2 aromatic carbocycles. The highest BCUT2D eigenvalue weighted by atomic mass is 35.5. The molecule has 0 saturated heterocycles.